The zero-order valence-electron chi connectivity index (χ0n) is 10.5. The van der Waals surface area contributed by atoms with E-state index in [9.17, 15) is 9.59 Å². The van der Waals surface area contributed by atoms with E-state index < -0.39 is 12.0 Å². The number of nitrogens with zero attached hydrogens (tertiary/aromatic N) is 1. The molecule has 0 aliphatic rings. The van der Waals surface area contributed by atoms with Gasteiger partial charge in [0.2, 0.25) is 0 Å². The smallest absolute Gasteiger partial charge is 0.325 e. The number of rotatable bonds is 5. The number of pyridine rings is 1. The number of hydrogen-bond acceptors (Lipinski definition) is 4. The molecule has 0 saturated heterocycles. The first-order chi connectivity index (χ1) is 8.63. The molecule has 1 unspecified atom stereocenters. The minimum atomic E-state index is -0.460. The van der Waals surface area contributed by atoms with Gasteiger partial charge >= 0.3 is 12.0 Å². The fourth-order valence-corrected chi connectivity index (χ4v) is 1.32. The molecule has 0 aliphatic carbocycles. The van der Waals surface area contributed by atoms with E-state index in [1.54, 1.807) is 19.2 Å². The zero-order valence-corrected chi connectivity index (χ0v) is 10.5. The van der Waals surface area contributed by atoms with Crippen LogP contribution in [0, 0.1) is 0 Å². The second-order valence-electron chi connectivity index (χ2n) is 3.61. The first kappa shape index (κ1) is 14.0. The lowest BCUT2D eigenvalue weighted by Gasteiger charge is -2.13. The maximum absolute atomic E-state index is 11.5. The third kappa shape index (κ3) is 4.82. The van der Waals surface area contributed by atoms with Gasteiger partial charge in [0.15, 0.2) is 0 Å². The molecule has 6 nitrogen and oxygen atoms in total. The second-order valence-corrected chi connectivity index (χ2v) is 3.61. The molecular formula is C12H17N3O3. The summed E-state index contributed by atoms with van der Waals surface area (Å²) in [6.45, 7) is 3.68. The summed E-state index contributed by atoms with van der Waals surface area (Å²) in [5, 5.41) is 5.09. The standard InChI is InChI=1S/C12H17N3O3/c1-3-18-11(16)8-14-12(17)15-9(2)10-6-4-5-7-13-10/h4-7,9H,3,8H2,1-2H3,(H2,14,15,17). The van der Waals surface area contributed by atoms with Gasteiger partial charge in [-0.1, -0.05) is 6.07 Å². The number of amides is 2. The Hall–Kier alpha value is -2.11. The monoisotopic (exact) mass is 251 g/mol. The van der Waals surface area contributed by atoms with Crippen molar-refractivity contribution < 1.29 is 14.3 Å². The quantitative estimate of drug-likeness (QED) is 0.765. The van der Waals surface area contributed by atoms with Crippen LogP contribution < -0.4 is 10.6 Å². The van der Waals surface area contributed by atoms with E-state index in [0.717, 1.165) is 5.69 Å². The van der Waals surface area contributed by atoms with Crippen LogP contribution in [0.5, 0.6) is 0 Å². The lowest BCUT2D eigenvalue weighted by atomic mass is 10.2. The highest BCUT2D eigenvalue weighted by Gasteiger charge is 2.11. The van der Waals surface area contributed by atoms with Gasteiger partial charge < -0.3 is 15.4 Å². The third-order valence-corrected chi connectivity index (χ3v) is 2.18. The topological polar surface area (TPSA) is 80.3 Å². The van der Waals surface area contributed by atoms with Crippen molar-refractivity contribution in [1.29, 1.82) is 0 Å². The van der Waals surface area contributed by atoms with E-state index in [-0.39, 0.29) is 12.6 Å². The van der Waals surface area contributed by atoms with Crippen LogP contribution in [0.2, 0.25) is 0 Å². The molecule has 1 atom stereocenters. The number of carbonyl (C=O) groups is 2. The molecule has 0 fully saturated rings. The van der Waals surface area contributed by atoms with Crippen molar-refractivity contribution in [1.82, 2.24) is 15.6 Å². The largest absolute Gasteiger partial charge is 0.465 e. The van der Waals surface area contributed by atoms with Crippen molar-refractivity contribution in [2.45, 2.75) is 19.9 Å². The summed E-state index contributed by atoms with van der Waals surface area (Å²) < 4.78 is 4.69. The Labute approximate surface area is 106 Å². The van der Waals surface area contributed by atoms with Crippen molar-refractivity contribution in [3.63, 3.8) is 0 Å². The summed E-state index contributed by atoms with van der Waals surface area (Å²) in [7, 11) is 0. The number of hydrogen-bond donors (Lipinski definition) is 2. The predicted molar refractivity (Wildman–Crippen MR) is 65.8 cm³/mol. The Morgan fingerprint density at radius 2 is 2.22 bits per heavy atom. The zero-order chi connectivity index (χ0) is 13.4. The molecule has 1 aromatic heterocycles. The van der Waals surface area contributed by atoms with Gasteiger partial charge in [0.25, 0.3) is 0 Å². The maximum atomic E-state index is 11.5. The Balaban J connectivity index is 2.34. The summed E-state index contributed by atoms with van der Waals surface area (Å²) in [5.41, 5.74) is 0.754. The van der Waals surface area contributed by atoms with E-state index in [1.807, 2.05) is 19.1 Å². The normalized spacial score (nSPS) is 11.4. The molecule has 0 aromatic carbocycles. The molecule has 0 bridgehead atoms. The Kier molecular flexibility index (Phi) is 5.63. The molecule has 0 radical (unpaired) electrons. The minimum absolute atomic E-state index is 0.144. The van der Waals surface area contributed by atoms with E-state index >= 15 is 0 Å². The van der Waals surface area contributed by atoms with Gasteiger partial charge in [0.1, 0.15) is 6.54 Å². The van der Waals surface area contributed by atoms with Gasteiger partial charge in [-0.05, 0) is 26.0 Å². The molecule has 2 amide bonds. The van der Waals surface area contributed by atoms with Crippen LogP contribution in [0.1, 0.15) is 25.6 Å². The van der Waals surface area contributed by atoms with Gasteiger partial charge in [-0.2, -0.15) is 0 Å². The fraction of sp³-hybridized carbons (Fsp3) is 0.417. The Morgan fingerprint density at radius 1 is 1.44 bits per heavy atom. The van der Waals surface area contributed by atoms with E-state index in [4.69, 9.17) is 0 Å². The summed E-state index contributed by atoms with van der Waals surface area (Å²) in [4.78, 5) is 26.6. The maximum Gasteiger partial charge on any atom is 0.325 e. The van der Waals surface area contributed by atoms with Crippen molar-refractivity contribution in [2.24, 2.45) is 0 Å². The molecule has 1 heterocycles. The summed E-state index contributed by atoms with van der Waals surface area (Å²) >= 11 is 0. The highest BCUT2D eigenvalue weighted by molar-refractivity contribution is 5.80. The van der Waals surface area contributed by atoms with Crippen molar-refractivity contribution in [2.75, 3.05) is 13.2 Å². The number of nitrogens with one attached hydrogen (secondary N) is 2. The molecular weight excluding hydrogens is 234 g/mol. The Bertz CT molecular complexity index is 395. The van der Waals surface area contributed by atoms with Crippen LogP contribution in [-0.4, -0.2) is 30.1 Å². The van der Waals surface area contributed by atoms with Gasteiger partial charge in [0, 0.05) is 6.20 Å². The van der Waals surface area contributed by atoms with E-state index in [0.29, 0.717) is 6.61 Å². The SMILES string of the molecule is CCOC(=O)CNC(=O)NC(C)c1ccccn1. The van der Waals surface area contributed by atoms with Crippen molar-refractivity contribution in [3.05, 3.63) is 30.1 Å². The lowest BCUT2D eigenvalue weighted by Crippen LogP contribution is -2.40. The van der Waals surface area contributed by atoms with Crippen molar-refractivity contribution in [3.8, 4) is 0 Å². The fourth-order valence-electron chi connectivity index (χ4n) is 1.32. The average Bonchev–Trinajstić information content (AvgIpc) is 2.38. The summed E-state index contributed by atoms with van der Waals surface area (Å²) in [6, 6.07) is 4.80. The number of carbonyl (C=O) groups excluding carboxylic acids is 2. The number of aromatic nitrogens is 1. The van der Waals surface area contributed by atoms with Gasteiger partial charge in [-0.3, -0.25) is 9.78 Å². The first-order valence-electron chi connectivity index (χ1n) is 5.74. The second kappa shape index (κ2) is 7.26. The van der Waals surface area contributed by atoms with Crippen LogP contribution in [0.15, 0.2) is 24.4 Å². The van der Waals surface area contributed by atoms with Crippen LogP contribution >= 0.6 is 0 Å². The number of ether oxygens (including phenoxy) is 1. The molecule has 18 heavy (non-hydrogen) atoms. The third-order valence-electron chi connectivity index (χ3n) is 2.18. The van der Waals surface area contributed by atoms with Gasteiger partial charge in [-0.25, -0.2) is 4.79 Å². The molecule has 98 valence electrons. The molecule has 1 rings (SSSR count). The number of urea groups is 1. The van der Waals surface area contributed by atoms with Crippen LogP contribution in [-0.2, 0) is 9.53 Å². The van der Waals surface area contributed by atoms with Gasteiger partial charge in [-0.15, -0.1) is 0 Å². The van der Waals surface area contributed by atoms with Crippen LogP contribution in [0.4, 0.5) is 4.79 Å². The Morgan fingerprint density at radius 3 is 2.83 bits per heavy atom. The average molecular weight is 251 g/mol. The van der Waals surface area contributed by atoms with Crippen molar-refractivity contribution >= 4 is 12.0 Å². The van der Waals surface area contributed by atoms with Crippen LogP contribution in [0.25, 0.3) is 0 Å². The van der Waals surface area contributed by atoms with E-state index in [1.165, 1.54) is 0 Å². The van der Waals surface area contributed by atoms with Gasteiger partial charge in [0.05, 0.1) is 18.3 Å². The van der Waals surface area contributed by atoms with E-state index in [2.05, 4.69) is 20.4 Å². The highest BCUT2D eigenvalue weighted by atomic mass is 16.5. The summed E-state index contributed by atoms with van der Waals surface area (Å²) in [5.74, 6) is -0.460. The molecule has 2 N–H and O–H groups in total. The molecule has 0 spiro atoms. The van der Waals surface area contributed by atoms with Crippen LogP contribution in [0.3, 0.4) is 0 Å². The molecule has 0 aliphatic heterocycles. The predicted octanol–water partition coefficient (Wildman–Crippen LogP) is 1.00. The highest BCUT2D eigenvalue weighted by Crippen LogP contribution is 2.06. The molecule has 0 saturated carbocycles. The lowest BCUT2D eigenvalue weighted by molar-refractivity contribution is -0.141. The molecule has 6 heteroatoms. The summed E-state index contributed by atoms with van der Waals surface area (Å²) in [6.07, 6.45) is 1.66. The minimum Gasteiger partial charge on any atom is -0.465 e. The number of esters is 1. The first-order valence-corrected chi connectivity index (χ1v) is 5.74. The molecule has 1 aromatic rings.